The highest BCUT2D eigenvalue weighted by Crippen LogP contribution is 2.28. The van der Waals surface area contributed by atoms with E-state index >= 15 is 0 Å². The lowest BCUT2D eigenvalue weighted by molar-refractivity contribution is -0.117. The standard InChI is InChI=1S/C16H17N3O2S/c1-12(20)22-15-7-16(21)19(11-15)14-8-17-18(10-14)9-13-5-3-2-4-6-13/h2-6,8,10,15H,7,9,11H2,1H3. The Morgan fingerprint density at radius 2 is 2.14 bits per heavy atom. The van der Waals surface area contributed by atoms with Gasteiger partial charge in [-0.2, -0.15) is 5.10 Å². The van der Waals surface area contributed by atoms with Gasteiger partial charge in [0.25, 0.3) is 0 Å². The van der Waals surface area contributed by atoms with E-state index in [0.29, 0.717) is 19.5 Å². The summed E-state index contributed by atoms with van der Waals surface area (Å²) in [4.78, 5) is 25.0. The zero-order valence-corrected chi connectivity index (χ0v) is 13.1. The van der Waals surface area contributed by atoms with Gasteiger partial charge in [-0.25, -0.2) is 0 Å². The molecule has 0 N–H and O–H groups in total. The van der Waals surface area contributed by atoms with Gasteiger partial charge in [-0.05, 0) is 5.56 Å². The maximum absolute atomic E-state index is 12.1. The summed E-state index contributed by atoms with van der Waals surface area (Å²) in [5.74, 6) is 0.0537. The van der Waals surface area contributed by atoms with E-state index in [0.717, 1.165) is 11.3 Å². The van der Waals surface area contributed by atoms with Crippen LogP contribution in [-0.2, 0) is 16.1 Å². The molecular formula is C16H17N3O2S. The van der Waals surface area contributed by atoms with E-state index in [9.17, 15) is 9.59 Å². The van der Waals surface area contributed by atoms with Crippen LogP contribution in [0.25, 0.3) is 0 Å². The quantitative estimate of drug-likeness (QED) is 0.869. The number of hydrogen-bond donors (Lipinski definition) is 0. The lowest BCUT2D eigenvalue weighted by Gasteiger charge is -2.13. The van der Waals surface area contributed by atoms with Crippen LogP contribution in [0.3, 0.4) is 0 Å². The molecule has 1 fully saturated rings. The number of anilines is 1. The van der Waals surface area contributed by atoms with E-state index in [4.69, 9.17) is 0 Å². The van der Waals surface area contributed by atoms with Crippen LogP contribution in [0.4, 0.5) is 5.69 Å². The predicted octanol–water partition coefficient (Wildman–Crippen LogP) is 2.32. The van der Waals surface area contributed by atoms with Crippen LogP contribution in [-0.4, -0.2) is 32.6 Å². The monoisotopic (exact) mass is 315 g/mol. The summed E-state index contributed by atoms with van der Waals surface area (Å²) in [6.07, 6.45) is 4.00. The molecule has 22 heavy (non-hydrogen) atoms. The molecular weight excluding hydrogens is 298 g/mol. The third kappa shape index (κ3) is 3.39. The SMILES string of the molecule is CC(=O)SC1CC(=O)N(c2cnn(Cc3ccccc3)c2)C1. The number of nitrogens with zero attached hydrogens (tertiary/aromatic N) is 3. The first-order valence-electron chi connectivity index (χ1n) is 7.16. The minimum atomic E-state index is 0.0440. The number of hydrogen-bond acceptors (Lipinski definition) is 4. The highest BCUT2D eigenvalue weighted by molar-refractivity contribution is 8.14. The Balaban J connectivity index is 1.68. The molecule has 3 rings (SSSR count). The van der Waals surface area contributed by atoms with Crippen LogP contribution in [0.5, 0.6) is 0 Å². The molecule has 0 spiro atoms. The van der Waals surface area contributed by atoms with Crippen LogP contribution in [0.1, 0.15) is 18.9 Å². The molecule has 1 amide bonds. The van der Waals surface area contributed by atoms with Crippen molar-refractivity contribution in [1.82, 2.24) is 9.78 Å². The van der Waals surface area contributed by atoms with E-state index in [2.05, 4.69) is 5.10 Å². The van der Waals surface area contributed by atoms with Crippen molar-refractivity contribution in [3.05, 3.63) is 48.3 Å². The van der Waals surface area contributed by atoms with Gasteiger partial charge in [0.2, 0.25) is 5.91 Å². The van der Waals surface area contributed by atoms with Gasteiger partial charge in [0.1, 0.15) is 0 Å². The van der Waals surface area contributed by atoms with Gasteiger partial charge in [0, 0.05) is 31.3 Å². The van der Waals surface area contributed by atoms with Crippen molar-refractivity contribution < 1.29 is 9.59 Å². The molecule has 0 saturated carbocycles. The van der Waals surface area contributed by atoms with Crippen LogP contribution in [0.2, 0.25) is 0 Å². The first kappa shape index (κ1) is 14.8. The van der Waals surface area contributed by atoms with Gasteiger partial charge in [0.15, 0.2) is 5.12 Å². The van der Waals surface area contributed by atoms with Gasteiger partial charge in [-0.1, -0.05) is 42.1 Å². The predicted molar refractivity (Wildman–Crippen MR) is 86.8 cm³/mol. The number of aromatic nitrogens is 2. The summed E-state index contributed by atoms with van der Waals surface area (Å²) >= 11 is 1.25. The normalized spacial score (nSPS) is 18.0. The molecule has 5 nitrogen and oxygen atoms in total. The van der Waals surface area contributed by atoms with Crippen molar-refractivity contribution in [2.75, 3.05) is 11.4 Å². The summed E-state index contributed by atoms with van der Waals surface area (Å²) in [5, 5.41) is 4.42. The second-order valence-corrected chi connectivity index (χ2v) is 6.80. The molecule has 1 unspecified atom stereocenters. The van der Waals surface area contributed by atoms with E-state index in [1.165, 1.54) is 18.7 Å². The van der Waals surface area contributed by atoms with E-state index in [1.807, 2.05) is 41.2 Å². The maximum Gasteiger partial charge on any atom is 0.228 e. The highest BCUT2D eigenvalue weighted by Gasteiger charge is 2.32. The number of rotatable bonds is 4. The Hall–Kier alpha value is -2.08. The molecule has 0 bridgehead atoms. The molecule has 1 atom stereocenters. The summed E-state index contributed by atoms with van der Waals surface area (Å²) in [6.45, 7) is 2.78. The molecule has 114 valence electrons. The fraction of sp³-hybridized carbons (Fsp3) is 0.312. The summed E-state index contributed by atoms with van der Waals surface area (Å²) in [5.41, 5.74) is 1.96. The number of thioether (sulfide) groups is 1. The van der Waals surface area contributed by atoms with Gasteiger partial charge in [-0.3, -0.25) is 14.3 Å². The molecule has 2 aromatic rings. The lowest BCUT2D eigenvalue weighted by atomic mass is 10.2. The molecule has 1 saturated heterocycles. The van der Waals surface area contributed by atoms with Crippen LogP contribution < -0.4 is 4.90 Å². The summed E-state index contributed by atoms with van der Waals surface area (Å²) in [6, 6.07) is 10.1. The molecule has 1 aliphatic heterocycles. The van der Waals surface area contributed by atoms with Crippen molar-refractivity contribution in [1.29, 1.82) is 0 Å². The molecule has 1 aromatic carbocycles. The fourth-order valence-electron chi connectivity index (χ4n) is 2.59. The molecule has 0 aliphatic carbocycles. The second-order valence-electron chi connectivity index (χ2n) is 5.32. The van der Waals surface area contributed by atoms with E-state index < -0.39 is 0 Å². The Bertz CT molecular complexity index is 684. The van der Waals surface area contributed by atoms with E-state index in [1.54, 1.807) is 11.1 Å². The number of amides is 1. The minimum absolute atomic E-state index is 0.0440. The maximum atomic E-state index is 12.1. The number of carbonyl (C=O) groups excluding carboxylic acids is 2. The topological polar surface area (TPSA) is 55.2 Å². The van der Waals surface area contributed by atoms with Crippen molar-refractivity contribution in [2.45, 2.75) is 25.1 Å². The van der Waals surface area contributed by atoms with Crippen molar-refractivity contribution in [2.24, 2.45) is 0 Å². The first-order chi connectivity index (χ1) is 10.6. The van der Waals surface area contributed by atoms with Crippen LogP contribution in [0.15, 0.2) is 42.7 Å². The largest absolute Gasteiger partial charge is 0.308 e. The van der Waals surface area contributed by atoms with Gasteiger partial charge >= 0.3 is 0 Å². The number of carbonyl (C=O) groups is 2. The molecule has 1 aromatic heterocycles. The smallest absolute Gasteiger partial charge is 0.228 e. The molecule has 0 radical (unpaired) electrons. The lowest BCUT2D eigenvalue weighted by Crippen LogP contribution is -2.24. The third-order valence-corrected chi connectivity index (χ3v) is 4.52. The van der Waals surface area contributed by atoms with Crippen molar-refractivity contribution in [3.63, 3.8) is 0 Å². The Kier molecular flexibility index (Phi) is 4.29. The Labute approximate surface area is 133 Å². The van der Waals surface area contributed by atoms with Gasteiger partial charge in [-0.15, -0.1) is 0 Å². The Morgan fingerprint density at radius 1 is 1.36 bits per heavy atom. The highest BCUT2D eigenvalue weighted by atomic mass is 32.2. The fourth-order valence-corrected chi connectivity index (χ4v) is 3.51. The zero-order chi connectivity index (χ0) is 15.5. The van der Waals surface area contributed by atoms with E-state index in [-0.39, 0.29) is 16.3 Å². The molecule has 2 heterocycles. The average Bonchev–Trinajstić information content (AvgIpc) is 3.06. The summed E-state index contributed by atoms with van der Waals surface area (Å²) < 4.78 is 1.82. The Morgan fingerprint density at radius 3 is 2.86 bits per heavy atom. The van der Waals surface area contributed by atoms with Crippen molar-refractivity contribution >= 4 is 28.5 Å². The van der Waals surface area contributed by atoms with Gasteiger partial charge < -0.3 is 4.90 Å². The zero-order valence-electron chi connectivity index (χ0n) is 12.3. The van der Waals surface area contributed by atoms with Crippen LogP contribution >= 0.6 is 11.8 Å². The number of benzene rings is 1. The van der Waals surface area contributed by atoms with Crippen molar-refractivity contribution in [3.8, 4) is 0 Å². The molecule has 1 aliphatic rings. The summed E-state index contributed by atoms with van der Waals surface area (Å²) in [7, 11) is 0. The molecule has 6 heteroatoms. The second kappa shape index (κ2) is 6.36. The van der Waals surface area contributed by atoms with Gasteiger partial charge in [0.05, 0.1) is 18.4 Å². The first-order valence-corrected chi connectivity index (χ1v) is 8.04. The van der Waals surface area contributed by atoms with Crippen LogP contribution in [0, 0.1) is 0 Å². The minimum Gasteiger partial charge on any atom is -0.308 e. The average molecular weight is 315 g/mol. The third-order valence-electron chi connectivity index (χ3n) is 3.54.